The fourth-order valence-electron chi connectivity index (χ4n) is 3.77. The molecule has 1 atom stereocenters. The van der Waals surface area contributed by atoms with Crippen molar-refractivity contribution in [1.29, 1.82) is 0 Å². The van der Waals surface area contributed by atoms with Crippen molar-refractivity contribution in [2.24, 2.45) is 13.0 Å². The van der Waals surface area contributed by atoms with Crippen LogP contribution in [0.2, 0.25) is 0 Å². The molecule has 128 valence electrons. The topological polar surface area (TPSA) is 60.9 Å². The number of aryl methyl sites for hydroxylation is 3. The van der Waals surface area contributed by atoms with Crippen LogP contribution in [0.4, 0.5) is 0 Å². The average molecular weight is 352 g/mol. The van der Waals surface area contributed by atoms with E-state index in [0.29, 0.717) is 5.82 Å². The van der Waals surface area contributed by atoms with E-state index in [-0.39, 0.29) is 0 Å². The van der Waals surface area contributed by atoms with Crippen molar-refractivity contribution in [3.8, 4) is 11.5 Å². The molecule has 0 N–H and O–H groups in total. The lowest BCUT2D eigenvalue weighted by Crippen LogP contribution is -2.11. The Balaban J connectivity index is 1.71. The van der Waals surface area contributed by atoms with Gasteiger partial charge in [0.05, 0.1) is 5.39 Å². The molecule has 0 fully saturated rings. The summed E-state index contributed by atoms with van der Waals surface area (Å²) in [6, 6.07) is 2.02. The van der Waals surface area contributed by atoms with Crippen LogP contribution in [0.3, 0.4) is 0 Å². The molecule has 0 bridgehead atoms. The van der Waals surface area contributed by atoms with Gasteiger partial charge in [-0.25, -0.2) is 14.5 Å². The summed E-state index contributed by atoms with van der Waals surface area (Å²) in [6.07, 6.45) is 6.60. The molecule has 0 radical (unpaired) electrons. The van der Waals surface area contributed by atoms with Gasteiger partial charge in [-0.05, 0) is 43.7 Å². The van der Waals surface area contributed by atoms with Crippen LogP contribution >= 0.6 is 11.3 Å². The van der Waals surface area contributed by atoms with E-state index in [4.69, 9.17) is 4.98 Å². The highest BCUT2D eigenvalue weighted by Crippen LogP contribution is 2.39. The third kappa shape index (κ3) is 2.22. The summed E-state index contributed by atoms with van der Waals surface area (Å²) >= 11 is 1.83. The summed E-state index contributed by atoms with van der Waals surface area (Å²) in [5.41, 5.74) is 4.26. The highest BCUT2D eigenvalue weighted by molar-refractivity contribution is 7.19. The minimum absolute atomic E-state index is 0.667. The van der Waals surface area contributed by atoms with Crippen LogP contribution in [-0.2, 0) is 19.9 Å². The summed E-state index contributed by atoms with van der Waals surface area (Å²) in [5, 5.41) is 10.3. The maximum atomic E-state index is 4.83. The van der Waals surface area contributed by atoms with Crippen LogP contribution < -0.4 is 0 Å². The molecule has 1 aliphatic rings. The Labute approximate surface area is 149 Å². The van der Waals surface area contributed by atoms with Crippen molar-refractivity contribution >= 4 is 27.2 Å². The van der Waals surface area contributed by atoms with Crippen molar-refractivity contribution in [3.63, 3.8) is 0 Å². The first-order valence-electron chi connectivity index (χ1n) is 8.80. The van der Waals surface area contributed by atoms with Gasteiger partial charge in [0.2, 0.25) is 5.82 Å². The molecule has 7 heteroatoms. The summed E-state index contributed by atoms with van der Waals surface area (Å²) < 4.78 is 3.66. The molecule has 4 aromatic rings. The Hall–Kier alpha value is -2.28. The molecule has 0 spiro atoms. The van der Waals surface area contributed by atoms with Gasteiger partial charge in [0.15, 0.2) is 5.65 Å². The number of hydrogen-bond donors (Lipinski definition) is 0. The molecule has 0 amide bonds. The van der Waals surface area contributed by atoms with Gasteiger partial charge in [-0.1, -0.05) is 13.3 Å². The predicted octanol–water partition coefficient (Wildman–Crippen LogP) is 3.56. The van der Waals surface area contributed by atoms with Gasteiger partial charge in [0, 0.05) is 17.6 Å². The SMILES string of the molecule is CC[C@H]1CCc2c(sc3ncn4nc(-c5cc(C)n(C)n5)nc4c23)C1. The van der Waals surface area contributed by atoms with Gasteiger partial charge in [0.1, 0.15) is 16.9 Å². The second kappa shape index (κ2) is 5.36. The van der Waals surface area contributed by atoms with Crippen molar-refractivity contribution in [1.82, 2.24) is 29.4 Å². The largest absolute Gasteiger partial charge is 0.272 e. The van der Waals surface area contributed by atoms with Crippen molar-refractivity contribution in [2.45, 2.75) is 39.5 Å². The fraction of sp³-hybridized carbons (Fsp3) is 0.444. The maximum absolute atomic E-state index is 4.83. The first kappa shape index (κ1) is 15.0. The normalized spacial score (nSPS) is 17.5. The summed E-state index contributed by atoms with van der Waals surface area (Å²) in [6.45, 7) is 4.32. The van der Waals surface area contributed by atoms with E-state index in [1.165, 1.54) is 35.1 Å². The van der Waals surface area contributed by atoms with Crippen LogP contribution in [0.25, 0.3) is 27.4 Å². The first-order valence-corrected chi connectivity index (χ1v) is 9.62. The standard InChI is InChI=1S/C18H20N6S/c1-4-11-5-6-12-14(8-11)25-18-15(12)17-20-16(22-24(17)9-19-18)13-7-10(2)23(3)21-13/h7,9,11H,4-6,8H2,1-3H3/t11-/m0/s1. The monoisotopic (exact) mass is 352 g/mol. The van der Waals surface area contributed by atoms with E-state index in [9.17, 15) is 0 Å². The Kier molecular flexibility index (Phi) is 3.22. The van der Waals surface area contributed by atoms with Crippen molar-refractivity contribution in [3.05, 3.63) is 28.5 Å². The fourth-order valence-corrected chi connectivity index (χ4v) is 5.07. The molecule has 0 saturated heterocycles. The molecule has 5 rings (SSSR count). The lowest BCUT2D eigenvalue weighted by Gasteiger charge is -2.20. The quantitative estimate of drug-likeness (QED) is 0.553. The molecule has 1 aliphatic carbocycles. The molecule has 0 unspecified atom stereocenters. The number of hydrogen-bond acceptors (Lipinski definition) is 5. The molecule has 0 aromatic carbocycles. The van der Waals surface area contributed by atoms with E-state index in [1.807, 2.05) is 36.1 Å². The average Bonchev–Trinajstić information content (AvgIpc) is 3.28. The zero-order valence-electron chi connectivity index (χ0n) is 14.7. The van der Waals surface area contributed by atoms with Crippen LogP contribution in [0.5, 0.6) is 0 Å². The number of thiophene rings is 1. The minimum atomic E-state index is 0.667. The van der Waals surface area contributed by atoms with Gasteiger partial charge in [-0.3, -0.25) is 4.68 Å². The third-order valence-corrected chi connectivity index (χ3v) is 6.57. The lowest BCUT2D eigenvalue weighted by atomic mass is 9.86. The highest BCUT2D eigenvalue weighted by Gasteiger charge is 2.25. The molecular formula is C18H20N6S. The molecule has 6 nitrogen and oxygen atoms in total. The number of fused-ring (bicyclic) bond motifs is 5. The van der Waals surface area contributed by atoms with Crippen LogP contribution in [-0.4, -0.2) is 29.4 Å². The molecule has 25 heavy (non-hydrogen) atoms. The van der Waals surface area contributed by atoms with Crippen molar-refractivity contribution < 1.29 is 0 Å². The summed E-state index contributed by atoms with van der Waals surface area (Å²) in [7, 11) is 1.94. The van der Waals surface area contributed by atoms with Gasteiger partial charge in [-0.2, -0.15) is 5.10 Å². The molecule has 4 heterocycles. The smallest absolute Gasteiger partial charge is 0.202 e. The zero-order valence-corrected chi connectivity index (χ0v) is 15.5. The first-order chi connectivity index (χ1) is 12.1. The number of nitrogens with zero attached hydrogens (tertiary/aromatic N) is 6. The molecule has 4 aromatic heterocycles. The number of aromatic nitrogens is 6. The molecule has 0 aliphatic heterocycles. The Morgan fingerprint density at radius 2 is 2.20 bits per heavy atom. The number of rotatable bonds is 2. The van der Waals surface area contributed by atoms with Crippen molar-refractivity contribution in [2.75, 3.05) is 0 Å². The van der Waals surface area contributed by atoms with E-state index in [1.54, 1.807) is 10.8 Å². The van der Waals surface area contributed by atoms with E-state index < -0.39 is 0 Å². The second-order valence-corrected chi connectivity index (χ2v) is 8.03. The Morgan fingerprint density at radius 1 is 1.32 bits per heavy atom. The lowest BCUT2D eigenvalue weighted by molar-refractivity contribution is 0.451. The Morgan fingerprint density at radius 3 is 2.96 bits per heavy atom. The highest BCUT2D eigenvalue weighted by atomic mass is 32.1. The predicted molar refractivity (Wildman–Crippen MR) is 98.9 cm³/mol. The molecular weight excluding hydrogens is 332 g/mol. The van der Waals surface area contributed by atoms with E-state index in [2.05, 4.69) is 22.1 Å². The minimum Gasteiger partial charge on any atom is -0.272 e. The van der Waals surface area contributed by atoms with Gasteiger partial charge >= 0.3 is 0 Å². The van der Waals surface area contributed by atoms with Crippen LogP contribution in [0, 0.1) is 12.8 Å². The van der Waals surface area contributed by atoms with Gasteiger partial charge < -0.3 is 0 Å². The van der Waals surface area contributed by atoms with Crippen LogP contribution in [0.1, 0.15) is 35.9 Å². The summed E-state index contributed by atoms with van der Waals surface area (Å²) in [5.74, 6) is 1.47. The van der Waals surface area contributed by atoms with Gasteiger partial charge in [-0.15, -0.1) is 16.4 Å². The van der Waals surface area contributed by atoms with Gasteiger partial charge in [0.25, 0.3) is 0 Å². The molecule has 0 saturated carbocycles. The van der Waals surface area contributed by atoms with E-state index in [0.717, 1.165) is 34.2 Å². The Bertz CT molecular complexity index is 1080. The summed E-state index contributed by atoms with van der Waals surface area (Å²) in [4.78, 5) is 12.1. The second-order valence-electron chi connectivity index (χ2n) is 6.94. The maximum Gasteiger partial charge on any atom is 0.202 e. The zero-order chi connectivity index (χ0) is 17.1. The third-order valence-electron chi connectivity index (χ3n) is 5.41. The van der Waals surface area contributed by atoms with E-state index >= 15 is 0 Å². The van der Waals surface area contributed by atoms with Crippen LogP contribution in [0.15, 0.2) is 12.4 Å².